The van der Waals surface area contributed by atoms with E-state index in [1.165, 1.54) is 0 Å². The number of amides is 1. The van der Waals surface area contributed by atoms with E-state index < -0.39 is 12.0 Å². The molecule has 10 heteroatoms. The van der Waals surface area contributed by atoms with Gasteiger partial charge in [0.2, 0.25) is 5.95 Å². The number of rotatable bonds is 7. The molecule has 37 heavy (non-hydrogen) atoms. The van der Waals surface area contributed by atoms with Gasteiger partial charge in [0.25, 0.3) is 5.91 Å². The molecule has 4 aromatic rings. The molecule has 0 radical (unpaired) electrons. The Morgan fingerprint density at radius 2 is 1.59 bits per heavy atom. The molecule has 192 valence electrons. The number of carboxylic acid groups (broad SMARTS) is 1. The number of hydrogen-bond acceptors (Lipinski definition) is 6. The van der Waals surface area contributed by atoms with Crippen LogP contribution < -0.4 is 11.1 Å². The number of aromatic nitrogens is 2. The van der Waals surface area contributed by atoms with E-state index in [2.05, 4.69) is 15.3 Å². The first-order valence-electron chi connectivity index (χ1n) is 11.4. The maximum absolute atomic E-state index is 13.5. The van der Waals surface area contributed by atoms with Crippen LogP contribution >= 0.6 is 24.8 Å². The van der Waals surface area contributed by atoms with E-state index in [1.54, 1.807) is 23.1 Å². The number of nitrogens with zero attached hydrogens (tertiary/aromatic N) is 3. The normalized spacial score (nSPS) is 12.8. The van der Waals surface area contributed by atoms with Gasteiger partial charge in [-0.25, -0.2) is 9.97 Å². The van der Waals surface area contributed by atoms with Gasteiger partial charge < -0.3 is 21.1 Å². The summed E-state index contributed by atoms with van der Waals surface area (Å²) in [5, 5.41) is 13.5. The van der Waals surface area contributed by atoms with Crippen molar-refractivity contribution in [3.05, 3.63) is 101 Å². The van der Waals surface area contributed by atoms with Crippen molar-refractivity contribution >= 4 is 53.5 Å². The summed E-state index contributed by atoms with van der Waals surface area (Å²) in [5.74, 6) is -1.26. The second-order valence-corrected chi connectivity index (χ2v) is 8.60. The van der Waals surface area contributed by atoms with E-state index in [0.717, 1.165) is 16.7 Å². The average molecular weight is 540 g/mol. The maximum Gasteiger partial charge on any atom is 0.325 e. The SMILES string of the molecule is Cl.Cl.Nc1nc(C(=O)N2Cc3ccccc3C2)c2cc(C(NCCc3ccccc3)C(=O)O)ccc2n1. The molecule has 0 fully saturated rings. The number of halogens is 2. The summed E-state index contributed by atoms with van der Waals surface area (Å²) < 4.78 is 0. The molecule has 5 rings (SSSR count). The number of hydrogen-bond donors (Lipinski definition) is 3. The molecular formula is C27H27Cl2N5O3. The largest absolute Gasteiger partial charge is 0.480 e. The van der Waals surface area contributed by atoms with Crippen molar-refractivity contribution in [3.63, 3.8) is 0 Å². The lowest BCUT2D eigenvalue weighted by atomic mass is 10.0. The van der Waals surface area contributed by atoms with Gasteiger partial charge in [0.05, 0.1) is 5.52 Å². The molecule has 1 aromatic heterocycles. The fraction of sp³-hybridized carbons (Fsp3) is 0.185. The zero-order chi connectivity index (χ0) is 24.4. The van der Waals surface area contributed by atoms with Crippen molar-refractivity contribution in [2.45, 2.75) is 25.6 Å². The van der Waals surface area contributed by atoms with Crippen molar-refractivity contribution in [1.29, 1.82) is 0 Å². The van der Waals surface area contributed by atoms with Crippen molar-refractivity contribution < 1.29 is 14.7 Å². The molecule has 1 aliphatic heterocycles. The van der Waals surface area contributed by atoms with Crippen LogP contribution in [0.4, 0.5) is 5.95 Å². The highest BCUT2D eigenvalue weighted by molar-refractivity contribution is 6.05. The number of fused-ring (bicyclic) bond motifs is 2. The van der Waals surface area contributed by atoms with Crippen molar-refractivity contribution in [3.8, 4) is 0 Å². The Morgan fingerprint density at radius 3 is 2.24 bits per heavy atom. The summed E-state index contributed by atoms with van der Waals surface area (Å²) in [6, 6.07) is 21.9. The summed E-state index contributed by atoms with van der Waals surface area (Å²) in [7, 11) is 0. The lowest BCUT2D eigenvalue weighted by Gasteiger charge is -2.18. The van der Waals surface area contributed by atoms with Gasteiger partial charge in [-0.3, -0.25) is 9.59 Å². The van der Waals surface area contributed by atoms with Gasteiger partial charge in [-0.15, -0.1) is 24.8 Å². The highest BCUT2D eigenvalue weighted by Crippen LogP contribution is 2.28. The highest BCUT2D eigenvalue weighted by atomic mass is 35.5. The number of carbonyl (C=O) groups is 2. The molecule has 0 aliphatic carbocycles. The molecule has 3 aromatic carbocycles. The fourth-order valence-corrected chi connectivity index (χ4v) is 4.49. The molecule has 2 heterocycles. The Bertz CT molecular complexity index is 1390. The Labute approximate surface area is 226 Å². The van der Waals surface area contributed by atoms with E-state index in [0.29, 0.717) is 42.5 Å². The Kier molecular flexibility index (Phi) is 9.04. The topological polar surface area (TPSA) is 121 Å². The molecular weight excluding hydrogens is 513 g/mol. The van der Waals surface area contributed by atoms with Crippen LogP contribution in [0.3, 0.4) is 0 Å². The number of nitrogens with two attached hydrogens (primary N) is 1. The van der Waals surface area contributed by atoms with Gasteiger partial charge in [-0.1, -0.05) is 60.7 Å². The quantitative estimate of drug-likeness (QED) is 0.322. The van der Waals surface area contributed by atoms with Gasteiger partial charge in [0.15, 0.2) is 0 Å². The highest BCUT2D eigenvalue weighted by Gasteiger charge is 2.28. The second kappa shape index (κ2) is 12.0. The van der Waals surface area contributed by atoms with Gasteiger partial charge >= 0.3 is 5.97 Å². The first-order valence-corrected chi connectivity index (χ1v) is 11.4. The predicted molar refractivity (Wildman–Crippen MR) is 147 cm³/mol. The fourth-order valence-electron chi connectivity index (χ4n) is 4.49. The van der Waals surface area contributed by atoms with Gasteiger partial charge in [0, 0.05) is 25.0 Å². The Morgan fingerprint density at radius 1 is 0.946 bits per heavy atom. The minimum atomic E-state index is -1.00. The molecule has 8 nitrogen and oxygen atoms in total. The molecule has 0 saturated carbocycles. The number of anilines is 1. The minimum absolute atomic E-state index is 0. The summed E-state index contributed by atoms with van der Waals surface area (Å²) in [6.07, 6.45) is 0.692. The third kappa shape index (κ3) is 5.99. The number of benzene rings is 3. The Balaban J connectivity index is 0.00000190. The summed E-state index contributed by atoms with van der Waals surface area (Å²) in [5.41, 5.74) is 10.4. The van der Waals surface area contributed by atoms with Crippen LogP contribution in [0, 0.1) is 0 Å². The van der Waals surface area contributed by atoms with Gasteiger partial charge in [-0.2, -0.15) is 0 Å². The molecule has 1 unspecified atom stereocenters. The van der Waals surface area contributed by atoms with Crippen LogP contribution in [0.2, 0.25) is 0 Å². The van der Waals surface area contributed by atoms with Crippen LogP contribution in [0.15, 0.2) is 72.8 Å². The second-order valence-electron chi connectivity index (χ2n) is 8.60. The first-order chi connectivity index (χ1) is 17.0. The van der Waals surface area contributed by atoms with E-state index in [4.69, 9.17) is 5.73 Å². The van der Waals surface area contributed by atoms with Crippen molar-refractivity contribution in [2.75, 3.05) is 12.3 Å². The van der Waals surface area contributed by atoms with Crippen LogP contribution in [0.25, 0.3) is 10.9 Å². The third-order valence-electron chi connectivity index (χ3n) is 6.25. The lowest BCUT2D eigenvalue weighted by molar-refractivity contribution is -0.139. The van der Waals surface area contributed by atoms with Gasteiger partial charge in [-0.05, 0) is 40.8 Å². The average Bonchev–Trinajstić information content (AvgIpc) is 3.30. The zero-order valence-corrected chi connectivity index (χ0v) is 21.5. The van der Waals surface area contributed by atoms with Crippen LogP contribution in [0.5, 0.6) is 0 Å². The van der Waals surface area contributed by atoms with E-state index >= 15 is 0 Å². The van der Waals surface area contributed by atoms with Crippen LogP contribution in [-0.4, -0.2) is 38.4 Å². The smallest absolute Gasteiger partial charge is 0.325 e. The van der Waals surface area contributed by atoms with Crippen molar-refractivity contribution in [2.24, 2.45) is 0 Å². The molecule has 1 aliphatic rings. The van der Waals surface area contributed by atoms with Crippen molar-refractivity contribution in [1.82, 2.24) is 20.2 Å². The van der Waals surface area contributed by atoms with Crippen LogP contribution in [0.1, 0.15) is 38.8 Å². The molecule has 0 saturated heterocycles. The third-order valence-corrected chi connectivity index (χ3v) is 6.25. The lowest BCUT2D eigenvalue weighted by Crippen LogP contribution is -2.30. The standard InChI is InChI=1S/C27H25N5O3.2ClH/c28-27-30-22-11-10-18(23(26(34)35)29-13-12-17-6-2-1-3-7-17)14-21(22)24(31-27)25(33)32-15-19-8-4-5-9-20(19)16-32;;/h1-11,14,23,29H,12-13,15-16H2,(H,34,35)(H2,28,30,31);2*1H. The van der Waals surface area contributed by atoms with E-state index in [9.17, 15) is 14.7 Å². The van der Waals surface area contributed by atoms with E-state index in [-0.39, 0.29) is 42.4 Å². The van der Waals surface area contributed by atoms with Gasteiger partial charge in [0.1, 0.15) is 11.7 Å². The predicted octanol–water partition coefficient (Wildman–Crippen LogP) is 4.17. The molecule has 1 atom stereocenters. The number of carbonyl (C=O) groups excluding carboxylic acids is 1. The summed E-state index contributed by atoms with van der Waals surface area (Å²) in [6.45, 7) is 1.45. The van der Waals surface area contributed by atoms with Crippen LogP contribution in [-0.2, 0) is 24.3 Å². The summed E-state index contributed by atoms with van der Waals surface area (Å²) >= 11 is 0. The number of nitrogen functional groups attached to an aromatic ring is 1. The number of aliphatic carboxylic acids is 1. The monoisotopic (exact) mass is 539 g/mol. The molecule has 0 spiro atoms. The zero-order valence-electron chi connectivity index (χ0n) is 19.8. The maximum atomic E-state index is 13.5. The minimum Gasteiger partial charge on any atom is -0.480 e. The van der Waals surface area contributed by atoms with E-state index in [1.807, 2.05) is 54.6 Å². The molecule has 4 N–H and O–H groups in total. The molecule has 1 amide bonds. The Hall–Kier alpha value is -3.72. The number of nitrogens with one attached hydrogen (secondary N) is 1. The number of carboxylic acids is 1. The first kappa shape index (κ1) is 27.9. The molecule has 0 bridgehead atoms. The summed E-state index contributed by atoms with van der Waals surface area (Å²) in [4.78, 5) is 35.8.